The fraction of sp³-hybridized carbons (Fsp3) is 0.833. The number of hydrogen-bond acceptors (Lipinski definition) is 4. The van der Waals surface area contributed by atoms with Gasteiger partial charge in [-0.1, -0.05) is 12.8 Å². The van der Waals surface area contributed by atoms with Crippen LogP contribution in [0.4, 0.5) is 4.79 Å². The van der Waals surface area contributed by atoms with Crippen molar-refractivity contribution in [2.75, 3.05) is 19.6 Å². The van der Waals surface area contributed by atoms with Crippen molar-refractivity contribution in [1.29, 1.82) is 0 Å². The number of alkyl carbamates (subject to hydrolysis) is 1. The molecule has 7 heteroatoms. The summed E-state index contributed by atoms with van der Waals surface area (Å²) in [6.07, 6.45) is 5.23. The van der Waals surface area contributed by atoms with Crippen molar-refractivity contribution in [3.8, 4) is 0 Å². The number of piperidine rings is 1. The van der Waals surface area contributed by atoms with Crippen LogP contribution in [-0.2, 0) is 14.3 Å². The van der Waals surface area contributed by atoms with Crippen molar-refractivity contribution in [1.82, 2.24) is 15.5 Å². The molecule has 0 aromatic carbocycles. The van der Waals surface area contributed by atoms with Crippen LogP contribution >= 0.6 is 0 Å². The van der Waals surface area contributed by atoms with Gasteiger partial charge in [0.05, 0.1) is 0 Å². The number of nitrogens with one attached hydrogen (secondary N) is 2. The number of rotatable bonds is 4. The lowest BCUT2D eigenvalue weighted by molar-refractivity contribution is -0.131. The average Bonchev–Trinajstić information content (AvgIpc) is 3.06. The summed E-state index contributed by atoms with van der Waals surface area (Å²) >= 11 is 0. The van der Waals surface area contributed by atoms with Crippen LogP contribution in [0.15, 0.2) is 0 Å². The van der Waals surface area contributed by atoms with Crippen molar-refractivity contribution < 1.29 is 19.1 Å². The predicted molar refractivity (Wildman–Crippen MR) is 93.9 cm³/mol. The van der Waals surface area contributed by atoms with Gasteiger partial charge in [-0.05, 0) is 46.5 Å². The molecule has 1 heterocycles. The minimum Gasteiger partial charge on any atom is -0.444 e. The zero-order valence-corrected chi connectivity index (χ0v) is 15.6. The highest BCUT2D eigenvalue weighted by atomic mass is 16.6. The number of carbonyl (C=O) groups is 3. The second-order valence-corrected chi connectivity index (χ2v) is 8.00. The van der Waals surface area contributed by atoms with Crippen LogP contribution in [0, 0.1) is 5.92 Å². The standard InChI is InChI=1S/C18H31N3O4/c1-18(2,3)25-17(24)19-12-15(22)21-10-8-14(9-11-21)20-16(23)13-6-4-5-7-13/h13-14H,4-12H2,1-3H3,(H,19,24)(H,20,23). The van der Waals surface area contributed by atoms with Gasteiger partial charge in [0.25, 0.3) is 0 Å². The molecule has 1 saturated heterocycles. The Hall–Kier alpha value is -1.79. The lowest BCUT2D eigenvalue weighted by Crippen LogP contribution is -2.50. The Morgan fingerprint density at radius 1 is 1.04 bits per heavy atom. The molecule has 0 aromatic heterocycles. The fourth-order valence-electron chi connectivity index (χ4n) is 3.35. The molecule has 1 saturated carbocycles. The SMILES string of the molecule is CC(C)(C)OC(=O)NCC(=O)N1CCC(NC(=O)C2CCCC2)CC1. The van der Waals surface area contributed by atoms with E-state index in [2.05, 4.69) is 10.6 Å². The summed E-state index contributed by atoms with van der Waals surface area (Å²) in [6, 6.07) is 0.149. The fourth-order valence-corrected chi connectivity index (χ4v) is 3.35. The van der Waals surface area contributed by atoms with Crippen LogP contribution in [0.5, 0.6) is 0 Å². The number of ether oxygens (including phenoxy) is 1. The normalized spacial score (nSPS) is 19.6. The molecule has 0 radical (unpaired) electrons. The van der Waals surface area contributed by atoms with Gasteiger partial charge in [0.1, 0.15) is 12.1 Å². The first-order chi connectivity index (χ1) is 11.7. The molecule has 0 spiro atoms. The van der Waals surface area contributed by atoms with Crippen LogP contribution in [-0.4, -0.2) is 54.1 Å². The first-order valence-corrected chi connectivity index (χ1v) is 9.29. The molecule has 1 aliphatic heterocycles. The van der Waals surface area contributed by atoms with E-state index in [1.807, 2.05) is 0 Å². The van der Waals surface area contributed by atoms with E-state index >= 15 is 0 Å². The molecule has 3 amide bonds. The molecule has 0 atom stereocenters. The van der Waals surface area contributed by atoms with Crippen LogP contribution in [0.1, 0.15) is 59.3 Å². The number of amides is 3. The molecule has 2 rings (SSSR count). The van der Waals surface area contributed by atoms with Crippen LogP contribution in [0.25, 0.3) is 0 Å². The van der Waals surface area contributed by atoms with E-state index in [0.29, 0.717) is 13.1 Å². The van der Waals surface area contributed by atoms with Crippen LogP contribution in [0.2, 0.25) is 0 Å². The highest BCUT2D eigenvalue weighted by Gasteiger charge is 2.28. The van der Waals surface area contributed by atoms with E-state index in [9.17, 15) is 14.4 Å². The number of nitrogens with zero attached hydrogens (tertiary/aromatic N) is 1. The first kappa shape index (κ1) is 19.5. The molecule has 25 heavy (non-hydrogen) atoms. The van der Waals surface area contributed by atoms with Gasteiger partial charge in [0, 0.05) is 25.0 Å². The Morgan fingerprint density at radius 2 is 1.64 bits per heavy atom. The lowest BCUT2D eigenvalue weighted by Gasteiger charge is -2.33. The van der Waals surface area contributed by atoms with Gasteiger partial charge in [0.2, 0.25) is 11.8 Å². The monoisotopic (exact) mass is 353 g/mol. The highest BCUT2D eigenvalue weighted by molar-refractivity contribution is 5.82. The zero-order chi connectivity index (χ0) is 18.4. The summed E-state index contributed by atoms with van der Waals surface area (Å²) in [5.74, 6) is 0.234. The third-order valence-corrected chi connectivity index (χ3v) is 4.70. The van der Waals surface area contributed by atoms with E-state index in [-0.39, 0.29) is 30.3 Å². The van der Waals surface area contributed by atoms with Crippen molar-refractivity contribution in [2.45, 2.75) is 70.9 Å². The van der Waals surface area contributed by atoms with Gasteiger partial charge < -0.3 is 20.3 Å². The quantitative estimate of drug-likeness (QED) is 0.807. The van der Waals surface area contributed by atoms with E-state index in [1.54, 1.807) is 25.7 Å². The average molecular weight is 353 g/mol. The van der Waals surface area contributed by atoms with Gasteiger partial charge in [-0.25, -0.2) is 4.79 Å². The summed E-state index contributed by atoms with van der Waals surface area (Å²) < 4.78 is 5.12. The molecule has 0 aromatic rings. The summed E-state index contributed by atoms with van der Waals surface area (Å²) in [4.78, 5) is 37.7. The van der Waals surface area contributed by atoms with Crippen molar-refractivity contribution in [2.24, 2.45) is 5.92 Å². The highest BCUT2D eigenvalue weighted by Crippen LogP contribution is 2.25. The van der Waals surface area contributed by atoms with E-state index in [0.717, 1.165) is 38.5 Å². The van der Waals surface area contributed by atoms with Crippen LogP contribution < -0.4 is 10.6 Å². The maximum absolute atomic E-state index is 12.2. The molecule has 0 bridgehead atoms. The minimum atomic E-state index is -0.584. The molecule has 1 aliphatic carbocycles. The van der Waals surface area contributed by atoms with Gasteiger partial charge in [-0.15, -0.1) is 0 Å². The molecule has 2 N–H and O–H groups in total. The van der Waals surface area contributed by atoms with Gasteiger partial charge in [-0.3, -0.25) is 9.59 Å². The Balaban J connectivity index is 1.66. The second kappa shape index (κ2) is 8.54. The second-order valence-electron chi connectivity index (χ2n) is 8.00. The van der Waals surface area contributed by atoms with E-state index < -0.39 is 11.7 Å². The van der Waals surface area contributed by atoms with Gasteiger partial charge >= 0.3 is 6.09 Å². The zero-order valence-electron chi connectivity index (χ0n) is 15.6. The van der Waals surface area contributed by atoms with Crippen molar-refractivity contribution in [3.63, 3.8) is 0 Å². The predicted octanol–water partition coefficient (Wildman–Crippen LogP) is 1.81. The van der Waals surface area contributed by atoms with Crippen LogP contribution in [0.3, 0.4) is 0 Å². The van der Waals surface area contributed by atoms with E-state index in [1.165, 1.54) is 0 Å². The third kappa shape index (κ3) is 6.55. The molecular formula is C18H31N3O4. The molecule has 2 fully saturated rings. The number of hydrogen-bond donors (Lipinski definition) is 2. The maximum atomic E-state index is 12.2. The molecule has 0 unspecified atom stereocenters. The number of likely N-dealkylation sites (tertiary alicyclic amines) is 1. The summed E-state index contributed by atoms with van der Waals surface area (Å²) in [7, 11) is 0. The smallest absolute Gasteiger partial charge is 0.408 e. The summed E-state index contributed by atoms with van der Waals surface area (Å²) in [5, 5.41) is 5.62. The lowest BCUT2D eigenvalue weighted by atomic mass is 10.0. The minimum absolute atomic E-state index is 0.0615. The Labute approximate surface area is 149 Å². The van der Waals surface area contributed by atoms with Gasteiger partial charge in [-0.2, -0.15) is 0 Å². The first-order valence-electron chi connectivity index (χ1n) is 9.29. The topological polar surface area (TPSA) is 87.7 Å². The maximum Gasteiger partial charge on any atom is 0.408 e. The van der Waals surface area contributed by atoms with Crippen molar-refractivity contribution in [3.05, 3.63) is 0 Å². The summed E-state index contributed by atoms with van der Waals surface area (Å²) in [6.45, 7) is 6.47. The third-order valence-electron chi connectivity index (χ3n) is 4.70. The van der Waals surface area contributed by atoms with E-state index in [4.69, 9.17) is 4.74 Å². The molecular weight excluding hydrogens is 322 g/mol. The van der Waals surface area contributed by atoms with Crippen molar-refractivity contribution >= 4 is 17.9 Å². The Kier molecular flexibility index (Phi) is 6.67. The molecule has 142 valence electrons. The number of carbonyl (C=O) groups excluding carboxylic acids is 3. The largest absolute Gasteiger partial charge is 0.444 e. The Bertz CT molecular complexity index is 487. The Morgan fingerprint density at radius 3 is 2.20 bits per heavy atom. The molecule has 7 nitrogen and oxygen atoms in total. The summed E-state index contributed by atoms with van der Waals surface area (Å²) in [5.41, 5.74) is -0.580. The molecule has 2 aliphatic rings. The van der Waals surface area contributed by atoms with Gasteiger partial charge in [0.15, 0.2) is 0 Å².